The van der Waals surface area contributed by atoms with E-state index in [9.17, 15) is 9.18 Å². The van der Waals surface area contributed by atoms with Crippen molar-refractivity contribution >= 4 is 23.2 Å². The van der Waals surface area contributed by atoms with Crippen LogP contribution in [0.1, 0.15) is 16.7 Å². The third-order valence-electron chi connectivity index (χ3n) is 5.57. The first-order valence-corrected chi connectivity index (χ1v) is 10.4. The number of hydrogen-bond donors (Lipinski definition) is 0. The summed E-state index contributed by atoms with van der Waals surface area (Å²) >= 11 is 0. The topological polar surface area (TPSA) is 75.6 Å². The maximum Gasteiger partial charge on any atom is 0.364 e. The minimum Gasteiger partial charge on any atom is -0.497 e. The molecule has 3 aliphatic rings. The van der Waals surface area contributed by atoms with Crippen molar-refractivity contribution < 1.29 is 32.9 Å². The maximum absolute atomic E-state index is 13.3. The van der Waals surface area contributed by atoms with Crippen molar-refractivity contribution in [3.63, 3.8) is 0 Å². The van der Waals surface area contributed by atoms with Crippen molar-refractivity contribution in [2.24, 2.45) is 4.99 Å². The summed E-state index contributed by atoms with van der Waals surface area (Å²) in [7, 11) is 1.56. The van der Waals surface area contributed by atoms with Crippen LogP contribution in [-0.4, -0.2) is 25.8 Å². The molecule has 0 saturated carbocycles. The number of carbonyl (C=O) groups is 1. The lowest BCUT2D eigenvalue weighted by Gasteiger charge is -2.21. The second-order valence-corrected chi connectivity index (χ2v) is 7.62. The van der Waals surface area contributed by atoms with Gasteiger partial charge in [-0.15, -0.1) is 0 Å². The second-order valence-electron chi connectivity index (χ2n) is 7.62. The molecule has 0 radical (unpaired) electrons. The summed E-state index contributed by atoms with van der Waals surface area (Å²) in [6, 6.07) is 16.3. The molecule has 0 amide bonds. The molecule has 3 aromatic rings. The quantitative estimate of drug-likeness (QED) is 0.419. The predicted molar refractivity (Wildman–Crippen MR) is 120 cm³/mol. The average molecular weight is 457 g/mol. The Morgan fingerprint density at radius 3 is 2.47 bits per heavy atom. The Bertz CT molecular complexity index is 1440. The van der Waals surface area contributed by atoms with Gasteiger partial charge >= 0.3 is 5.97 Å². The van der Waals surface area contributed by atoms with Crippen LogP contribution in [0, 0.1) is 5.82 Å². The molecule has 3 heterocycles. The predicted octanol–water partition coefficient (Wildman–Crippen LogP) is 4.71. The Hall–Kier alpha value is -4.59. The Labute approximate surface area is 193 Å². The average Bonchev–Trinajstić information content (AvgIpc) is 3.49. The molecule has 3 aromatic carbocycles. The van der Waals surface area contributed by atoms with Crippen LogP contribution in [0.15, 0.2) is 77.4 Å². The van der Waals surface area contributed by atoms with Gasteiger partial charge in [-0.3, -0.25) is 0 Å². The smallest absolute Gasteiger partial charge is 0.364 e. The molecule has 0 N–H and O–H groups in total. The number of rotatable bonds is 3. The monoisotopic (exact) mass is 457 g/mol. The van der Waals surface area contributed by atoms with E-state index in [1.54, 1.807) is 37.5 Å². The van der Waals surface area contributed by atoms with Gasteiger partial charge in [-0.2, -0.15) is 0 Å². The van der Waals surface area contributed by atoms with Crippen molar-refractivity contribution in [1.29, 1.82) is 0 Å². The van der Waals surface area contributed by atoms with Crippen LogP contribution in [0.5, 0.6) is 23.0 Å². The van der Waals surface area contributed by atoms with Crippen LogP contribution in [0.4, 0.5) is 4.39 Å². The van der Waals surface area contributed by atoms with Gasteiger partial charge in [-0.05, 0) is 66.7 Å². The molecular formula is C26H16FNO6. The maximum atomic E-state index is 13.3. The molecule has 3 aliphatic heterocycles. The highest BCUT2D eigenvalue weighted by molar-refractivity contribution is 6.15. The molecule has 34 heavy (non-hydrogen) atoms. The molecule has 0 aromatic heterocycles. The summed E-state index contributed by atoms with van der Waals surface area (Å²) in [6.45, 7) is 0.156. The number of benzene rings is 3. The van der Waals surface area contributed by atoms with Gasteiger partial charge in [0.25, 0.3) is 0 Å². The number of methoxy groups -OCH3 is 1. The van der Waals surface area contributed by atoms with Gasteiger partial charge in [0.15, 0.2) is 17.2 Å². The van der Waals surface area contributed by atoms with E-state index < -0.39 is 11.8 Å². The third-order valence-corrected chi connectivity index (χ3v) is 5.57. The minimum absolute atomic E-state index is 0.0986. The van der Waals surface area contributed by atoms with E-state index in [-0.39, 0.29) is 18.4 Å². The summed E-state index contributed by atoms with van der Waals surface area (Å²) in [6.07, 6.45) is 1.73. The van der Waals surface area contributed by atoms with Gasteiger partial charge in [-0.1, -0.05) is 0 Å². The van der Waals surface area contributed by atoms with E-state index in [2.05, 4.69) is 4.99 Å². The van der Waals surface area contributed by atoms with Crippen LogP contribution in [0.25, 0.3) is 11.3 Å². The first kappa shape index (κ1) is 20.0. The van der Waals surface area contributed by atoms with Gasteiger partial charge in [0.1, 0.15) is 23.1 Å². The number of cyclic esters (lactones) is 1. The molecule has 0 atom stereocenters. The van der Waals surface area contributed by atoms with Crippen molar-refractivity contribution in [3.8, 4) is 23.0 Å². The number of carbonyl (C=O) groups excluding carboxylic acids is 1. The summed E-state index contributed by atoms with van der Waals surface area (Å²) < 4.78 is 41.2. The SMILES string of the molecule is COc1ccc2c(c1)/C(=C1\N=C(c3ccc(F)cc3)OC1=O)C=C(c1ccc3c(c1)OCO3)O2. The lowest BCUT2D eigenvalue weighted by atomic mass is 9.97. The van der Waals surface area contributed by atoms with Gasteiger partial charge in [0.2, 0.25) is 12.7 Å². The van der Waals surface area contributed by atoms with Crippen LogP contribution in [0.2, 0.25) is 0 Å². The molecule has 168 valence electrons. The van der Waals surface area contributed by atoms with Crippen molar-refractivity contribution in [1.82, 2.24) is 0 Å². The third kappa shape index (κ3) is 3.36. The van der Waals surface area contributed by atoms with Gasteiger partial charge in [0.05, 0.1) is 7.11 Å². The highest BCUT2D eigenvalue weighted by Gasteiger charge is 2.31. The van der Waals surface area contributed by atoms with Gasteiger partial charge in [-0.25, -0.2) is 14.2 Å². The fraction of sp³-hybridized carbons (Fsp3) is 0.0769. The zero-order chi connectivity index (χ0) is 23.2. The van der Waals surface area contributed by atoms with Crippen LogP contribution in [0.3, 0.4) is 0 Å². The molecule has 0 fully saturated rings. The Balaban J connectivity index is 1.51. The Kier molecular flexibility index (Phi) is 4.58. The van der Waals surface area contributed by atoms with Crippen molar-refractivity contribution in [2.45, 2.75) is 0 Å². The number of ether oxygens (including phenoxy) is 5. The first-order valence-electron chi connectivity index (χ1n) is 10.4. The zero-order valence-corrected chi connectivity index (χ0v) is 17.8. The molecule has 0 aliphatic carbocycles. The normalized spacial score (nSPS) is 18.0. The Morgan fingerprint density at radius 1 is 0.882 bits per heavy atom. The van der Waals surface area contributed by atoms with E-state index in [0.29, 0.717) is 45.5 Å². The van der Waals surface area contributed by atoms with E-state index in [4.69, 9.17) is 23.7 Å². The van der Waals surface area contributed by atoms with E-state index in [1.807, 2.05) is 12.1 Å². The standard InChI is InChI=1S/C26H16FNO6/c1-30-17-7-9-20-18(11-17)19(12-22(33-20)15-4-8-21-23(10-15)32-13-31-21)24-26(29)34-25(28-24)14-2-5-16(27)6-3-14/h2-12H,13H2,1H3/b24-19-. The summed E-state index contributed by atoms with van der Waals surface area (Å²) in [5.74, 6) is 1.95. The number of nitrogens with zero attached hydrogens (tertiary/aromatic N) is 1. The zero-order valence-electron chi connectivity index (χ0n) is 17.8. The molecule has 0 spiro atoms. The summed E-state index contributed by atoms with van der Waals surface area (Å²) in [5.41, 5.74) is 2.46. The van der Waals surface area contributed by atoms with E-state index in [1.165, 1.54) is 24.3 Å². The molecule has 7 nitrogen and oxygen atoms in total. The lowest BCUT2D eigenvalue weighted by Crippen LogP contribution is -2.08. The minimum atomic E-state index is -0.619. The van der Waals surface area contributed by atoms with Crippen molar-refractivity contribution in [2.75, 3.05) is 13.9 Å². The number of allylic oxidation sites excluding steroid dienone is 2. The van der Waals surface area contributed by atoms with Crippen molar-refractivity contribution in [3.05, 3.63) is 94.9 Å². The second kappa shape index (κ2) is 7.77. The molecule has 6 rings (SSSR count). The number of esters is 1. The number of hydrogen-bond acceptors (Lipinski definition) is 7. The molecule has 0 bridgehead atoms. The Morgan fingerprint density at radius 2 is 1.65 bits per heavy atom. The molecule has 0 saturated heterocycles. The highest BCUT2D eigenvalue weighted by Crippen LogP contribution is 2.43. The largest absolute Gasteiger partial charge is 0.497 e. The highest BCUT2D eigenvalue weighted by atomic mass is 19.1. The lowest BCUT2D eigenvalue weighted by molar-refractivity contribution is -0.129. The van der Waals surface area contributed by atoms with Crippen LogP contribution >= 0.6 is 0 Å². The number of halogens is 1. The molecule has 0 unspecified atom stereocenters. The fourth-order valence-corrected chi connectivity index (χ4v) is 3.87. The summed E-state index contributed by atoms with van der Waals surface area (Å²) in [5, 5.41) is 0. The molecular weight excluding hydrogens is 441 g/mol. The van der Waals surface area contributed by atoms with Gasteiger partial charge in [0, 0.05) is 22.3 Å². The van der Waals surface area contributed by atoms with E-state index in [0.717, 1.165) is 5.56 Å². The van der Waals surface area contributed by atoms with Crippen LogP contribution < -0.4 is 18.9 Å². The van der Waals surface area contributed by atoms with E-state index >= 15 is 0 Å². The number of fused-ring (bicyclic) bond motifs is 2. The summed E-state index contributed by atoms with van der Waals surface area (Å²) in [4.78, 5) is 17.3. The van der Waals surface area contributed by atoms with Gasteiger partial charge < -0.3 is 23.7 Å². The fourth-order valence-electron chi connectivity index (χ4n) is 3.87. The molecule has 8 heteroatoms. The number of aliphatic imine (C=N–C) groups is 1. The van der Waals surface area contributed by atoms with Crippen LogP contribution in [-0.2, 0) is 9.53 Å². The first-order chi connectivity index (χ1) is 16.6.